The minimum atomic E-state index is -4.04. The molecule has 2 atom stereocenters. The molecule has 2 rings (SSSR count). The third kappa shape index (κ3) is 3.06. The summed E-state index contributed by atoms with van der Waals surface area (Å²) >= 11 is 0. The Bertz CT molecular complexity index is 575. The summed E-state index contributed by atoms with van der Waals surface area (Å²) in [7, 11) is -4.04. The molecule has 0 aliphatic carbocycles. The monoisotopic (exact) mass is 319 g/mol. The van der Waals surface area contributed by atoms with Crippen molar-refractivity contribution in [2.45, 2.75) is 25.8 Å². The highest BCUT2D eigenvalue weighted by atomic mass is 32.2. The zero-order valence-electron chi connectivity index (χ0n) is 11.5. The molecule has 118 valence electrons. The molecule has 0 radical (unpaired) electrons. The van der Waals surface area contributed by atoms with E-state index in [1.54, 1.807) is 0 Å². The lowest BCUT2D eigenvalue weighted by molar-refractivity contribution is -0.143. The molecule has 21 heavy (non-hydrogen) atoms. The van der Waals surface area contributed by atoms with E-state index >= 15 is 0 Å². The van der Waals surface area contributed by atoms with Crippen LogP contribution in [0.2, 0.25) is 0 Å². The second kappa shape index (κ2) is 5.70. The van der Waals surface area contributed by atoms with Crippen LogP contribution in [-0.4, -0.2) is 65.6 Å². The average molecular weight is 319 g/mol. The van der Waals surface area contributed by atoms with Crippen LogP contribution in [-0.2, 0) is 24.6 Å². The molecule has 2 aliphatic rings. The van der Waals surface area contributed by atoms with Gasteiger partial charge in [0.2, 0.25) is 11.8 Å². The molecule has 2 aliphatic heterocycles. The molecule has 2 unspecified atom stereocenters. The fourth-order valence-electron chi connectivity index (χ4n) is 2.47. The summed E-state index contributed by atoms with van der Waals surface area (Å²) < 4.78 is 26.9. The quantitative estimate of drug-likeness (QED) is 0.602. The van der Waals surface area contributed by atoms with Crippen molar-refractivity contribution in [2.24, 2.45) is 5.92 Å². The molecule has 0 bridgehead atoms. The summed E-state index contributed by atoms with van der Waals surface area (Å²) in [4.78, 5) is 34.0. The Morgan fingerprint density at radius 3 is 2.67 bits per heavy atom. The second-order valence-corrected chi connectivity index (χ2v) is 7.06. The predicted octanol–water partition coefficient (Wildman–Crippen LogP) is -1.63. The number of carbonyl (C=O) groups is 3. The van der Waals surface area contributed by atoms with Crippen molar-refractivity contribution in [3.05, 3.63) is 0 Å². The van der Waals surface area contributed by atoms with Crippen molar-refractivity contribution >= 4 is 28.0 Å². The van der Waals surface area contributed by atoms with E-state index in [0.29, 0.717) is 12.8 Å². The van der Waals surface area contributed by atoms with Gasteiger partial charge in [-0.15, -0.1) is 0 Å². The van der Waals surface area contributed by atoms with Crippen LogP contribution >= 0.6 is 0 Å². The lowest BCUT2D eigenvalue weighted by Crippen LogP contribution is -2.62. The third-order valence-electron chi connectivity index (χ3n) is 3.73. The largest absolute Gasteiger partial charge is 0.481 e. The summed E-state index contributed by atoms with van der Waals surface area (Å²) in [6.07, 6.45) is 0.842. The van der Waals surface area contributed by atoms with E-state index < -0.39 is 46.5 Å². The standard InChI is InChI=1S/C11H17N3O6S/c1-7-10(16)12-9(15)6-14(7)21(19,20)13-4-2-3-8(5-13)11(17)18/h7-8H,2-6H2,1H3,(H,17,18)(H,12,15,16). The molecule has 2 N–H and O–H groups in total. The number of aliphatic carboxylic acids is 1. The smallest absolute Gasteiger partial charge is 0.307 e. The number of carbonyl (C=O) groups excluding carboxylic acids is 2. The van der Waals surface area contributed by atoms with E-state index in [2.05, 4.69) is 5.32 Å². The van der Waals surface area contributed by atoms with Gasteiger partial charge in [0.25, 0.3) is 10.2 Å². The Balaban J connectivity index is 2.22. The fraction of sp³-hybridized carbons (Fsp3) is 0.727. The molecule has 2 amide bonds. The molecular weight excluding hydrogens is 302 g/mol. The maximum atomic E-state index is 12.5. The number of carboxylic acid groups (broad SMARTS) is 1. The van der Waals surface area contributed by atoms with Crippen LogP contribution in [0.4, 0.5) is 0 Å². The van der Waals surface area contributed by atoms with Crippen LogP contribution in [0.15, 0.2) is 0 Å². The Kier molecular flexibility index (Phi) is 4.30. The van der Waals surface area contributed by atoms with E-state index in [1.807, 2.05) is 0 Å². The number of amides is 2. The zero-order valence-corrected chi connectivity index (χ0v) is 12.3. The second-order valence-electron chi connectivity index (χ2n) is 5.18. The number of rotatable bonds is 3. The van der Waals surface area contributed by atoms with E-state index in [4.69, 9.17) is 5.11 Å². The number of piperidine rings is 1. The molecule has 2 fully saturated rings. The Hall–Kier alpha value is -1.52. The first-order valence-electron chi connectivity index (χ1n) is 6.57. The van der Waals surface area contributed by atoms with Gasteiger partial charge in [-0.3, -0.25) is 19.7 Å². The Morgan fingerprint density at radius 1 is 1.38 bits per heavy atom. The van der Waals surface area contributed by atoms with Gasteiger partial charge in [0, 0.05) is 13.1 Å². The highest BCUT2D eigenvalue weighted by Crippen LogP contribution is 2.23. The van der Waals surface area contributed by atoms with Crippen LogP contribution in [0.5, 0.6) is 0 Å². The Labute approximate surface area is 122 Å². The summed E-state index contributed by atoms with van der Waals surface area (Å²) in [6.45, 7) is 0.989. The highest BCUT2D eigenvalue weighted by molar-refractivity contribution is 7.86. The molecule has 0 aromatic carbocycles. The van der Waals surface area contributed by atoms with Crippen LogP contribution in [0, 0.1) is 5.92 Å². The summed E-state index contributed by atoms with van der Waals surface area (Å²) in [5.41, 5.74) is 0. The number of carboxylic acids is 1. The number of nitrogens with one attached hydrogen (secondary N) is 1. The van der Waals surface area contributed by atoms with E-state index in [-0.39, 0.29) is 13.1 Å². The highest BCUT2D eigenvalue weighted by Gasteiger charge is 2.43. The fourth-order valence-corrected chi connectivity index (χ4v) is 4.27. The summed E-state index contributed by atoms with van der Waals surface area (Å²) in [6, 6.07) is -1.00. The first-order chi connectivity index (χ1) is 9.73. The van der Waals surface area contributed by atoms with Crippen molar-refractivity contribution in [3.8, 4) is 0 Å². The van der Waals surface area contributed by atoms with Gasteiger partial charge in [0.05, 0.1) is 12.5 Å². The molecule has 0 aromatic rings. The first kappa shape index (κ1) is 15.9. The van der Waals surface area contributed by atoms with Crippen LogP contribution in [0.1, 0.15) is 19.8 Å². The van der Waals surface area contributed by atoms with Gasteiger partial charge in [-0.2, -0.15) is 17.0 Å². The average Bonchev–Trinajstić information content (AvgIpc) is 2.42. The zero-order chi connectivity index (χ0) is 15.8. The van der Waals surface area contributed by atoms with Crippen LogP contribution < -0.4 is 5.32 Å². The van der Waals surface area contributed by atoms with Crippen molar-refractivity contribution in [3.63, 3.8) is 0 Å². The number of nitrogens with zero attached hydrogens (tertiary/aromatic N) is 2. The van der Waals surface area contributed by atoms with E-state index in [0.717, 1.165) is 8.61 Å². The van der Waals surface area contributed by atoms with Crippen molar-refractivity contribution in [1.29, 1.82) is 0 Å². The summed E-state index contributed by atoms with van der Waals surface area (Å²) in [5, 5.41) is 11.1. The maximum Gasteiger partial charge on any atom is 0.307 e. The van der Waals surface area contributed by atoms with Gasteiger partial charge in [0.1, 0.15) is 6.04 Å². The van der Waals surface area contributed by atoms with Crippen molar-refractivity contribution < 1.29 is 27.9 Å². The molecular formula is C11H17N3O6S. The summed E-state index contributed by atoms with van der Waals surface area (Å²) in [5.74, 6) is -3.18. The molecule has 0 aromatic heterocycles. The third-order valence-corrected chi connectivity index (χ3v) is 5.75. The van der Waals surface area contributed by atoms with Crippen molar-refractivity contribution in [2.75, 3.05) is 19.6 Å². The number of piperazine rings is 1. The topological polar surface area (TPSA) is 124 Å². The Morgan fingerprint density at radius 2 is 2.05 bits per heavy atom. The minimum absolute atomic E-state index is 0.142. The van der Waals surface area contributed by atoms with Gasteiger partial charge in [-0.1, -0.05) is 0 Å². The molecule has 2 saturated heterocycles. The van der Waals surface area contributed by atoms with E-state index in [9.17, 15) is 22.8 Å². The van der Waals surface area contributed by atoms with Crippen LogP contribution in [0.25, 0.3) is 0 Å². The lowest BCUT2D eigenvalue weighted by Gasteiger charge is -2.37. The molecule has 9 nitrogen and oxygen atoms in total. The number of imide groups is 1. The molecule has 0 saturated carbocycles. The number of hydrogen-bond donors (Lipinski definition) is 2. The van der Waals surface area contributed by atoms with Gasteiger partial charge in [-0.05, 0) is 19.8 Å². The van der Waals surface area contributed by atoms with Gasteiger partial charge >= 0.3 is 5.97 Å². The molecule has 0 spiro atoms. The van der Waals surface area contributed by atoms with Crippen LogP contribution in [0.3, 0.4) is 0 Å². The maximum absolute atomic E-state index is 12.5. The number of hydrogen-bond acceptors (Lipinski definition) is 5. The minimum Gasteiger partial charge on any atom is -0.481 e. The molecule has 2 heterocycles. The van der Waals surface area contributed by atoms with Gasteiger partial charge < -0.3 is 5.11 Å². The molecule has 10 heteroatoms. The lowest BCUT2D eigenvalue weighted by atomic mass is 10.0. The normalized spacial score (nSPS) is 29.2. The van der Waals surface area contributed by atoms with E-state index in [1.165, 1.54) is 6.92 Å². The SMILES string of the molecule is CC1C(=O)NC(=O)CN1S(=O)(=O)N1CCCC(C(=O)O)C1. The van der Waals surface area contributed by atoms with Crippen molar-refractivity contribution in [1.82, 2.24) is 13.9 Å². The van der Waals surface area contributed by atoms with Gasteiger partial charge in [0.15, 0.2) is 0 Å². The predicted molar refractivity (Wildman–Crippen MR) is 70.2 cm³/mol. The van der Waals surface area contributed by atoms with Gasteiger partial charge in [-0.25, -0.2) is 0 Å². The first-order valence-corrected chi connectivity index (χ1v) is 7.96.